The highest BCUT2D eigenvalue weighted by Gasteiger charge is 2.34. The Morgan fingerprint density at radius 3 is 2.09 bits per heavy atom. The first-order chi connectivity index (χ1) is 22.1. The number of hydrogen-bond acceptors (Lipinski definition) is 5. The van der Waals surface area contributed by atoms with Crippen molar-refractivity contribution in [3.8, 4) is 5.75 Å². The van der Waals surface area contributed by atoms with Gasteiger partial charge in [0.25, 0.3) is 10.0 Å². The molecule has 0 unspecified atom stereocenters. The molecule has 4 rings (SSSR count). The van der Waals surface area contributed by atoms with Gasteiger partial charge in [-0.25, -0.2) is 8.42 Å². The molecule has 0 fully saturated rings. The number of benzene rings is 4. The SMILES string of the molecule is CCOc1ccc(N(CC(=O)N(Cc2cccc(Br)c2)[C@H](Cc2ccccc2)C(=O)NCC(C)C)S(=O)(=O)c2ccccc2)cc1. The molecule has 0 aliphatic carbocycles. The van der Waals surface area contributed by atoms with Crippen molar-refractivity contribution < 1.29 is 22.7 Å². The number of sulfonamides is 1. The highest BCUT2D eigenvalue weighted by Crippen LogP contribution is 2.27. The molecule has 0 aromatic heterocycles. The second-order valence-electron chi connectivity index (χ2n) is 11.2. The summed E-state index contributed by atoms with van der Waals surface area (Å²) in [5, 5.41) is 3.01. The van der Waals surface area contributed by atoms with Gasteiger partial charge in [0.2, 0.25) is 11.8 Å². The van der Waals surface area contributed by atoms with E-state index < -0.39 is 28.5 Å². The van der Waals surface area contributed by atoms with Gasteiger partial charge in [-0.1, -0.05) is 90.4 Å². The van der Waals surface area contributed by atoms with Gasteiger partial charge in [0.15, 0.2) is 0 Å². The third kappa shape index (κ3) is 9.43. The summed E-state index contributed by atoms with van der Waals surface area (Å²) >= 11 is 3.51. The van der Waals surface area contributed by atoms with E-state index in [2.05, 4.69) is 21.2 Å². The number of anilines is 1. The molecular weight excluding hydrogens is 666 g/mol. The predicted octanol–water partition coefficient (Wildman–Crippen LogP) is 6.46. The van der Waals surface area contributed by atoms with Gasteiger partial charge in [0.1, 0.15) is 18.3 Å². The first-order valence-electron chi connectivity index (χ1n) is 15.2. The summed E-state index contributed by atoms with van der Waals surface area (Å²) in [6, 6.07) is 30.7. The molecule has 242 valence electrons. The Morgan fingerprint density at radius 1 is 0.848 bits per heavy atom. The van der Waals surface area contributed by atoms with Crippen LogP contribution in [0.25, 0.3) is 0 Å². The summed E-state index contributed by atoms with van der Waals surface area (Å²) in [6.07, 6.45) is 0.249. The first-order valence-corrected chi connectivity index (χ1v) is 17.5. The fourth-order valence-corrected chi connectivity index (χ4v) is 6.81. The Balaban J connectivity index is 1.79. The molecule has 0 bridgehead atoms. The van der Waals surface area contributed by atoms with Crippen molar-refractivity contribution in [3.05, 3.63) is 125 Å². The number of amides is 2. The molecule has 0 saturated carbocycles. The zero-order valence-electron chi connectivity index (χ0n) is 26.3. The van der Waals surface area contributed by atoms with Crippen molar-refractivity contribution in [1.82, 2.24) is 10.2 Å². The number of carbonyl (C=O) groups excluding carboxylic acids is 2. The normalized spacial score (nSPS) is 11.9. The Kier molecular flexibility index (Phi) is 12.4. The number of rotatable bonds is 15. The van der Waals surface area contributed by atoms with Gasteiger partial charge in [-0.3, -0.25) is 13.9 Å². The largest absolute Gasteiger partial charge is 0.494 e. The van der Waals surface area contributed by atoms with Crippen LogP contribution in [0.3, 0.4) is 0 Å². The maximum atomic E-state index is 14.5. The molecule has 2 amide bonds. The minimum atomic E-state index is -4.18. The smallest absolute Gasteiger partial charge is 0.264 e. The number of carbonyl (C=O) groups is 2. The highest BCUT2D eigenvalue weighted by atomic mass is 79.9. The second-order valence-corrected chi connectivity index (χ2v) is 14.0. The van der Waals surface area contributed by atoms with Crippen molar-refractivity contribution in [3.63, 3.8) is 0 Å². The van der Waals surface area contributed by atoms with Gasteiger partial charge in [-0.15, -0.1) is 0 Å². The molecule has 10 heteroatoms. The van der Waals surface area contributed by atoms with E-state index in [4.69, 9.17) is 4.74 Å². The van der Waals surface area contributed by atoms with Crippen molar-refractivity contribution >= 4 is 43.5 Å². The lowest BCUT2D eigenvalue weighted by Gasteiger charge is -2.34. The summed E-state index contributed by atoms with van der Waals surface area (Å²) in [5.74, 6) is -0.0502. The van der Waals surface area contributed by atoms with Crippen LogP contribution in [0, 0.1) is 5.92 Å². The maximum absolute atomic E-state index is 14.5. The first kappa shape index (κ1) is 34.7. The van der Waals surface area contributed by atoms with Crippen LogP contribution in [0.5, 0.6) is 5.75 Å². The molecule has 0 spiro atoms. The monoisotopic (exact) mass is 705 g/mol. The van der Waals surface area contributed by atoms with Crippen LogP contribution in [0.1, 0.15) is 31.9 Å². The van der Waals surface area contributed by atoms with Crippen LogP contribution in [0.15, 0.2) is 119 Å². The number of halogens is 1. The lowest BCUT2D eigenvalue weighted by molar-refractivity contribution is -0.140. The van der Waals surface area contributed by atoms with Crippen LogP contribution < -0.4 is 14.4 Å². The van der Waals surface area contributed by atoms with Crippen molar-refractivity contribution in [2.45, 2.75) is 44.7 Å². The summed E-state index contributed by atoms with van der Waals surface area (Å²) in [5.41, 5.74) is 1.96. The summed E-state index contributed by atoms with van der Waals surface area (Å²) in [6.45, 7) is 6.32. The van der Waals surface area contributed by atoms with E-state index in [0.29, 0.717) is 24.6 Å². The molecule has 46 heavy (non-hydrogen) atoms. The van der Waals surface area contributed by atoms with Gasteiger partial charge in [-0.05, 0) is 72.5 Å². The molecule has 4 aromatic carbocycles. The average molecular weight is 707 g/mol. The van der Waals surface area contributed by atoms with Gasteiger partial charge < -0.3 is 15.0 Å². The lowest BCUT2D eigenvalue weighted by Crippen LogP contribution is -2.53. The van der Waals surface area contributed by atoms with Gasteiger partial charge in [-0.2, -0.15) is 0 Å². The zero-order chi connectivity index (χ0) is 33.1. The Morgan fingerprint density at radius 2 is 1.48 bits per heavy atom. The van der Waals surface area contributed by atoms with Crippen LogP contribution in [-0.4, -0.2) is 50.9 Å². The number of nitrogens with one attached hydrogen (secondary N) is 1. The van der Waals surface area contributed by atoms with Crippen LogP contribution in [-0.2, 0) is 32.6 Å². The number of hydrogen-bond donors (Lipinski definition) is 1. The second kappa shape index (κ2) is 16.4. The molecule has 0 saturated heterocycles. The van der Waals surface area contributed by atoms with E-state index in [1.165, 1.54) is 17.0 Å². The van der Waals surface area contributed by atoms with E-state index in [0.717, 1.165) is 19.9 Å². The summed E-state index contributed by atoms with van der Waals surface area (Å²) < 4.78 is 35.7. The minimum Gasteiger partial charge on any atom is -0.494 e. The topological polar surface area (TPSA) is 96.0 Å². The van der Waals surface area contributed by atoms with E-state index in [1.54, 1.807) is 42.5 Å². The molecule has 8 nitrogen and oxygen atoms in total. The fourth-order valence-electron chi connectivity index (χ4n) is 4.93. The van der Waals surface area contributed by atoms with Crippen LogP contribution in [0.2, 0.25) is 0 Å². The standard InChI is InChI=1S/C36H40BrN3O5S/c1-4-45-32-20-18-31(19-21-32)40(46(43,44)33-16-9-6-10-17-33)26-35(41)39(25-29-14-11-15-30(37)22-29)34(36(42)38-24-27(2)3)23-28-12-7-5-8-13-28/h5-22,27,34H,4,23-26H2,1-3H3,(H,38,42)/t34-/m1/s1. The molecule has 0 aliphatic heterocycles. The molecule has 0 radical (unpaired) electrons. The lowest BCUT2D eigenvalue weighted by atomic mass is 10.0. The highest BCUT2D eigenvalue weighted by molar-refractivity contribution is 9.10. The van der Waals surface area contributed by atoms with E-state index in [9.17, 15) is 18.0 Å². The zero-order valence-corrected chi connectivity index (χ0v) is 28.7. The van der Waals surface area contributed by atoms with Crippen LogP contribution in [0.4, 0.5) is 5.69 Å². The molecule has 4 aromatic rings. The van der Waals surface area contributed by atoms with Gasteiger partial charge >= 0.3 is 0 Å². The predicted molar refractivity (Wildman–Crippen MR) is 185 cm³/mol. The average Bonchev–Trinajstić information content (AvgIpc) is 3.05. The summed E-state index contributed by atoms with van der Waals surface area (Å²) in [7, 11) is -4.18. The maximum Gasteiger partial charge on any atom is 0.264 e. The van der Waals surface area contributed by atoms with E-state index in [-0.39, 0.29) is 29.7 Å². The van der Waals surface area contributed by atoms with E-state index >= 15 is 0 Å². The van der Waals surface area contributed by atoms with Crippen LogP contribution >= 0.6 is 15.9 Å². The van der Waals surface area contributed by atoms with E-state index in [1.807, 2.05) is 75.4 Å². The third-order valence-corrected chi connectivity index (χ3v) is 9.52. The van der Waals surface area contributed by atoms with Crippen molar-refractivity contribution in [2.24, 2.45) is 5.92 Å². The van der Waals surface area contributed by atoms with Gasteiger partial charge in [0.05, 0.1) is 17.2 Å². The number of nitrogens with zero attached hydrogens (tertiary/aromatic N) is 2. The molecule has 1 atom stereocenters. The Hall–Kier alpha value is -4.15. The van der Waals surface area contributed by atoms with Crippen molar-refractivity contribution in [1.29, 1.82) is 0 Å². The quantitative estimate of drug-likeness (QED) is 0.153. The Bertz CT molecular complexity index is 1680. The third-order valence-electron chi connectivity index (χ3n) is 7.24. The molecule has 1 N–H and O–H groups in total. The molecular formula is C36H40BrN3O5S. The van der Waals surface area contributed by atoms with Gasteiger partial charge in [0, 0.05) is 24.0 Å². The minimum absolute atomic E-state index is 0.0470. The van der Waals surface area contributed by atoms with Crippen molar-refractivity contribution in [2.75, 3.05) is 24.0 Å². The summed E-state index contributed by atoms with van der Waals surface area (Å²) in [4.78, 5) is 29.9. The number of ether oxygens (including phenoxy) is 1. The Labute approximate surface area is 280 Å². The molecule has 0 aliphatic rings. The molecule has 0 heterocycles. The fraction of sp³-hybridized carbons (Fsp3) is 0.278.